The third-order valence-electron chi connectivity index (χ3n) is 5.42. The lowest BCUT2D eigenvalue weighted by atomic mass is 10.1. The minimum atomic E-state index is -0.767. The van der Waals surface area contributed by atoms with Gasteiger partial charge >= 0.3 is 0 Å². The van der Waals surface area contributed by atoms with E-state index in [9.17, 15) is 9.59 Å². The van der Waals surface area contributed by atoms with E-state index >= 15 is 0 Å². The van der Waals surface area contributed by atoms with E-state index in [-0.39, 0.29) is 11.8 Å². The molecule has 0 N–H and O–H groups in total. The van der Waals surface area contributed by atoms with Gasteiger partial charge in [-0.1, -0.05) is 29.0 Å². The van der Waals surface area contributed by atoms with Gasteiger partial charge in [0.15, 0.2) is 12.1 Å². The van der Waals surface area contributed by atoms with Crippen molar-refractivity contribution < 1.29 is 9.59 Å². The van der Waals surface area contributed by atoms with Gasteiger partial charge in [-0.2, -0.15) is 5.11 Å². The quantitative estimate of drug-likeness (QED) is 0.785. The van der Waals surface area contributed by atoms with E-state index in [1.807, 2.05) is 49.4 Å². The van der Waals surface area contributed by atoms with Crippen molar-refractivity contribution in [1.29, 1.82) is 0 Å². The normalized spacial score (nSPS) is 23.7. The van der Waals surface area contributed by atoms with Crippen molar-refractivity contribution in [3.05, 3.63) is 59.2 Å². The van der Waals surface area contributed by atoms with Gasteiger partial charge in [-0.05, 0) is 61.6 Å². The summed E-state index contributed by atoms with van der Waals surface area (Å²) < 4.78 is 0. The summed E-state index contributed by atoms with van der Waals surface area (Å²) in [6.07, 6.45) is 3.20. The maximum atomic E-state index is 13.1. The van der Waals surface area contributed by atoms with Crippen LogP contribution in [0, 0.1) is 6.92 Å². The molecule has 0 spiro atoms. The molecule has 3 aliphatic rings. The summed E-state index contributed by atoms with van der Waals surface area (Å²) in [4.78, 5) is 27.2. The number of carbonyl (C=O) groups is 2. The largest absolute Gasteiger partial charge is 0.271 e. The highest BCUT2D eigenvalue weighted by Crippen LogP contribution is 2.36. The second-order valence-electron chi connectivity index (χ2n) is 7.09. The van der Waals surface area contributed by atoms with Gasteiger partial charge in [0.2, 0.25) is 0 Å². The average Bonchev–Trinajstić information content (AvgIpc) is 3.33. The number of benzene rings is 2. The van der Waals surface area contributed by atoms with Crippen molar-refractivity contribution in [2.75, 3.05) is 9.91 Å². The van der Waals surface area contributed by atoms with Crippen molar-refractivity contribution in [2.45, 2.75) is 38.3 Å². The molecule has 0 radical (unpaired) electrons. The van der Waals surface area contributed by atoms with Crippen molar-refractivity contribution in [1.82, 2.24) is 0 Å². The lowest BCUT2D eigenvalue weighted by molar-refractivity contribution is -0.121. The van der Waals surface area contributed by atoms with Crippen LogP contribution in [0.5, 0.6) is 0 Å². The van der Waals surface area contributed by atoms with Gasteiger partial charge in [0.1, 0.15) is 0 Å². The van der Waals surface area contributed by atoms with Crippen LogP contribution >= 0.6 is 0 Å². The van der Waals surface area contributed by atoms with Gasteiger partial charge < -0.3 is 0 Å². The number of hydrogen-bond acceptors (Lipinski definition) is 5. The van der Waals surface area contributed by atoms with E-state index in [0.29, 0.717) is 5.69 Å². The van der Waals surface area contributed by atoms with Gasteiger partial charge in [0, 0.05) is 0 Å². The summed E-state index contributed by atoms with van der Waals surface area (Å²) in [5.74, 6) is -0.556. The molecular formula is C20H18N4O2. The Morgan fingerprint density at radius 3 is 2.46 bits per heavy atom. The van der Waals surface area contributed by atoms with Crippen LogP contribution in [0.4, 0.5) is 11.4 Å². The molecule has 0 aromatic heterocycles. The fraction of sp³-hybridized carbons (Fsp3) is 0.300. The van der Waals surface area contributed by atoms with Crippen molar-refractivity contribution in [2.24, 2.45) is 10.3 Å². The molecule has 130 valence electrons. The molecular weight excluding hydrogens is 328 g/mol. The number of aryl methyl sites for hydroxylation is 3. The molecule has 2 heterocycles. The molecule has 26 heavy (non-hydrogen) atoms. The molecule has 5 rings (SSSR count). The minimum Gasteiger partial charge on any atom is -0.271 e. The molecule has 0 unspecified atom stereocenters. The van der Waals surface area contributed by atoms with E-state index in [1.165, 1.54) is 16.0 Å². The number of anilines is 2. The molecule has 6 heteroatoms. The maximum absolute atomic E-state index is 13.1. The standard InChI is InChI=1S/C20H18N4O2/c1-12-5-8-15(9-6-12)24-18-17(21-22-24)19(25)23(20(18)26)16-10-7-13-3-2-4-14(13)11-16/h5-11,17-18H,2-4H2,1H3/t17-,18-/m0/s1. The number of hydrogen-bond donors (Lipinski definition) is 0. The predicted octanol–water partition coefficient (Wildman–Crippen LogP) is 2.98. The molecule has 6 nitrogen and oxygen atoms in total. The Kier molecular flexibility index (Phi) is 3.22. The number of nitrogens with zero attached hydrogens (tertiary/aromatic N) is 4. The van der Waals surface area contributed by atoms with Crippen LogP contribution in [-0.2, 0) is 22.4 Å². The Morgan fingerprint density at radius 2 is 1.65 bits per heavy atom. The average molecular weight is 346 g/mol. The van der Waals surface area contributed by atoms with Crippen LogP contribution in [0.15, 0.2) is 52.8 Å². The van der Waals surface area contributed by atoms with Gasteiger partial charge in [-0.15, -0.1) is 0 Å². The van der Waals surface area contributed by atoms with E-state index < -0.39 is 12.1 Å². The molecule has 2 aliphatic heterocycles. The smallest absolute Gasteiger partial charge is 0.263 e. The molecule has 2 aromatic carbocycles. The molecule has 0 saturated carbocycles. The second-order valence-corrected chi connectivity index (χ2v) is 7.09. The highest BCUT2D eigenvalue weighted by molar-refractivity contribution is 6.26. The Labute approximate surface area is 151 Å². The summed E-state index contributed by atoms with van der Waals surface area (Å²) in [6.45, 7) is 2.00. The topological polar surface area (TPSA) is 65.3 Å². The van der Waals surface area contributed by atoms with Gasteiger partial charge in [0.25, 0.3) is 11.8 Å². The third kappa shape index (κ3) is 2.11. The predicted molar refractivity (Wildman–Crippen MR) is 97.1 cm³/mol. The summed E-state index contributed by atoms with van der Waals surface area (Å²) in [6, 6.07) is 12.1. The molecule has 0 bridgehead atoms. The maximum Gasteiger partial charge on any atom is 0.263 e. The van der Waals surface area contributed by atoms with E-state index in [4.69, 9.17) is 0 Å². The summed E-state index contributed by atoms with van der Waals surface area (Å²) in [5, 5.41) is 9.76. The number of fused-ring (bicyclic) bond motifs is 2. The summed E-state index contributed by atoms with van der Waals surface area (Å²) in [7, 11) is 0. The minimum absolute atomic E-state index is 0.261. The first kappa shape index (κ1) is 15.3. The molecule has 2 aromatic rings. The Bertz CT molecular complexity index is 951. The highest BCUT2D eigenvalue weighted by Gasteiger charge is 2.55. The fourth-order valence-corrected chi connectivity index (χ4v) is 4.02. The zero-order valence-corrected chi connectivity index (χ0v) is 14.4. The van der Waals surface area contributed by atoms with Gasteiger partial charge in [-0.25, -0.2) is 9.91 Å². The van der Waals surface area contributed by atoms with Crippen LogP contribution in [-0.4, -0.2) is 23.9 Å². The second kappa shape index (κ2) is 5.49. The zero-order chi connectivity index (χ0) is 17.8. The van der Waals surface area contributed by atoms with Crippen LogP contribution in [0.2, 0.25) is 0 Å². The third-order valence-corrected chi connectivity index (χ3v) is 5.42. The highest BCUT2D eigenvalue weighted by atomic mass is 16.2. The summed E-state index contributed by atoms with van der Waals surface area (Å²) >= 11 is 0. The van der Waals surface area contributed by atoms with E-state index in [1.54, 1.807) is 5.01 Å². The first-order valence-electron chi connectivity index (χ1n) is 8.90. The summed E-state index contributed by atoms with van der Waals surface area (Å²) in [5.41, 5.74) is 5.08. The van der Waals surface area contributed by atoms with Crippen molar-refractivity contribution >= 4 is 23.2 Å². The van der Waals surface area contributed by atoms with Crippen LogP contribution in [0.3, 0.4) is 0 Å². The van der Waals surface area contributed by atoms with Crippen molar-refractivity contribution in [3.63, 3.8) is 0 Å². The monoisotopic (exact) mass is 346 g/mol. The molecule has 2 amide bonds. The van der Waals surface area contributed by atoms with E-state index in [0.717, 1.165) is 30.5 Å². The number of amides is 2. The Hall–Kier alpha value is -3.02. The molecule has 2 atom stereocenters. The Morgan fingerprint density at radius 1 is 0.923 bits per heavy atom. The molecule has 1 fully saturated rings. The lowest BCUT2D eigenvalue weighted by Crippen LogP contribution is -2.39. The van der Waals surface area contributed by atoms with Crippen molar-refractivity contribution in [3.8, 4) is 0 Å². The first-order chi connectivity index (χ1) is 12.6. The van der Waals surface area contributed by atoms with Crippen LogP contribution in [0.1, 0.15) is 23.1 Å². The van der Waals surface area contributed by atoms with Crippen LogP contribution in [0.25, 0.3) is 0 Å². The number of rotatable bonds is 2. The number of imide groups is 1. The SMILES string of the molecule is Cc1ccc(N2N=N[C@@H]3C(=O)N(c4ccc5c(c4)CCC5)C(=O)[C@H]32)cc1. The Balaban J connectivity index is 1.50. The lowest BCUT2D eigenvalue weighted by Gasteiger charge is -2.21. The first-order valence-corrected chi connectivity index (χ1v) is 8.90. The van der Waals surface area contributed by atoms with E-state index in [2.05, 4.69) is 10.3 Å². The molecule has 1 saturated heterocycles. The van der Waals surface area contributed by atoms with Gasteiger partial charge in [-0.3, -0.25) is 9.59 Å². The fourth-order valence-electron chi connectivity index (χ4n) is 4.02. The van der Waals surface area contributed by atoms with Gasteiger partial charge in [0.05, 0.1) is 11.4 Å². The molecule has 1 aliphatic carbocycles. The van der Waals surface area contributed by atoms with Crippen LogP contribution < -0.4 is 9.91 Å². The zero-order valence-electron chi connectivity index (χ0n) is 14.4. The number of carbonyl (C=O) groups excluding carboxylic acids is 2.